The van der Waals surface area contributed by atoms with Crippen LogP contribution >= 0.6 is 0 Å². The van der Waals surface area contributed by atoms with Crippen LogP contribution in [-0.2, 0) is 25.4 Å². The van der Waals surface area contributed by atoms with Gasteiger partial charge >= 0.3 is 61.1 Å². The van der Waals surface area contributed by atoms with Gasteiger partial charge in [-0.25, -0.2) is 0 Å². The fraction of sp³-hybridized carbons (Fsp3) is 0.800. The fourth-order valence-corrected chi connectivity index (χ4v) is 0.853. The van der Waals surface area contributed by atoms with Gasteiger partial charge in [0.05, 0.1) is 0 Å². The molecular weight excluding hydrogens is 209 g/mol. The molecule has 0 saturated carbocycles. The molecule has 0 saturated heterocycles. The van der Waals surface area contributed by atoms with Crippen molar-refractivity contribution in [2.24, 2.45) is 0 Å². The number of hydrogen-bond donors (Lipinski definition) is 0. The molecule has 0 aliphatic carbocycles. The summed E-state index contributed by atoms with van der Waals surface area (Å²) in [5.41, 5.74) is -0.504. The van der Waals surface area contributed by atoms with Crippen molar-refractivity contribution in [2.75, 3.05) is 0 Å². The third-order valence-corrected chi connectivity index (χ3v) is 0.910. The molecule has 0 amide bonds. The van der Waals surface area contributed by atoms with Gasteiger partial charge in [0.1, 0.15) is 0 Å². The zero-order valence-corrected chi connectivity index (χ0v) is 7.32. The number of carbonyl (C=O) groups is 1. The molecule has 0 unspecified atom stereocenters. The zero-order valence-electron chi connectivity index (χ0n) is 5.58. The normalized spacial score (nSPS) is 11.0. The van der Waals surface area contributed by atoms with Crippen LogP contribution in [0.15, 0.2) is 0 Å². The van der Waals surface area contributed by atoms with Crippen molar-refractivity contribution in [3.05, 3.63) is 0 Å². The molecule has 0 atom stereocenters. The summed E-state index contributed by atoms with van der Waals surface area (Å²) in [6, 6.07) is 0. The SMILES string of the molecule is CC(C)(C)O[C](=O)[Ru+]=[O]. The van der Waals surface area contributed by atoms with E-state index in [-0.39, 0.29) is 0 Å². The van der Waals surface area contributed by atoms with E-state index in [1.807, 2.05) is 0 Å². The van der Waals surface area contributed by atoms with Gasteiger partial charge in [0.25, 0.3) is 0 Å². The Morgan fingerprint density at radius 3 is 2.00 bits per heavy atom. The number of carbonyl (C=O) groups excluding carboxylic acids is 1. The van der Waals surface area contributed by atoms with Crippen LogP contribution in [0.5, 0.6) is 0 Å². The van der Waals surface area contributed by atoms with Gasteiger partial charge in [-0.05, 0) is 0 Å². The second-order valence-electron chi connectivity index (χ2n) is 2.51. The van der Waals surface area contributed by atoms with Crippen molar-refractivity contribution in [3.8, 4) is 0 Å². The van der Waals surface area contributed by atoms with Gasteiger partial charge in [0, 0.05) is 0 Å². The van der Waals surface area contributed by atoms with Crippen molar-refractivity contribution in [1.29, 1.82) is 0 Å². The molecule has 0 aromatic carbocycles. The Hall–Kier alpha value is -0.107. The van der Waals surface area contributed by atoms with E-state index in [2.05, 4.69) is 4.74 Å². The molecule has 0 heterocycles. The predicted molar refractivity (Wildman–Crippen MR) is 26.9 cm³/mol. The molecule has 0 bridgehead atoms. The Morgan fingerprint density at radius 1 is 1.44 bits per heavy atom. The summed E-state index contributed by atoms with van der Waals surface area (Å²) in [6.07, 6.45) is 0. The Labute approximate surface area is 61.6 Å². The number of rotatable bonds is 1. The van der Waals surface area contributed by atoms with Crippen molar-refractivity contribution < 1.29 is 30.2 Å². The average molecular weight is 218 g/mol. The van der Waals surface area contributed by atoms with E-state index < -0.39 is 27.2 Å². The van der Waals surface area contributed by atoms with Gasteiger partial charge in [-0.3, -0.25) is 0 Å². The standard InChI is InChI=1S/C5H9O2.O.Ru/c1-5(2,3)7-4-6;;/h1-3H3;;/q;;+1. The van der Waals surface area contributed by atoms with Crippen LogP contribution in [0.3, 0.4) is 0 Å². The summed E-state index contributed by atoms with van der Waals surface area (Å²) in [7, 11) is 0. The third kappa shape index (κ3) is 5.77. The van der Waals surface area contributed by atoms with E-state index in [0.29, 0.717) is 0 Å². The first-order chi connectivity index (χ1) is 3.95. The van der Waals surface area contributed by atoms with Crippen LogP contribution in [-0.4, -0.2) is 10.2 Å². The average Bonchev–Trinajstić information content (AvgIpc) is 1.62. The summed E-state index contributed by atoms with van der Waals surface area (Å²) in [6.45, 7) is 5.21. The van der Waals surface area contributed by atoms with E-state index in [0.717, 1.165) is 0 Å². The first kappa shape index (κ1) is 8.89. The Bertz CT molecular complexity index is 125. The molecule has 9 heavy (non-hydrogen) atoms. The molecule has 0 N–H and O–H groups in total. The minimum absolute atomic E-state index is 0.504. The maximum absolute atomic E-state index is 10.3. The van der Waals surface area contributed by atoms with E-state index in [9.17, 15) is 8.37 Å². The molecule has 0 aliphatic rings. The summed E-state index contributed by atoms with van der Waals surface area (Å²) >= 11 is -1.48. The van der Waals surface area contributed by atoms with Gasteiger partial charge < -0.3 is 0 Å². The summed E-state index contributed by atoms with van der Waals surface area (Å²) in [5.74, 6) is 0. The van der Waals surface area contributed by atoms with Gasteiger partial charge in [0.2, 0.25) is 0 Å². The molecular formula is C5H9O3Ru+. The molecule has 4 heteroatoms. The first-order valence-corrected chi connectivity index (χ1v) is 4.01. The van der Waals surface area contributed by atoms with Gasteiger partial charge in [-0.1, -0.05) is 0 Å². The van der Waals surface area contributed by atoms with Crippen molar-refractivity contribution in [1.82, 2.24) is 0 Å². The van der Waals surface area contributed by atoms with Gasteiger partial charge in [-0.2, -0.15) is 0 Å². The summed E-state index contributed by atoms with van der Waals surface area (Å²) in [5, 5.41) is 0. The maximum atomic E-state index is 10.3. The molecule has 3 nitrogen and oxygen atoms in total. The van der Waals surface area contributed by atoms with Gasteiger partial charge in [0.15, 0.2) is 0 Å². The quantitative estimate of drug-likeness (QED) is 0.624. The van der Waals surface area contributed by atoms with Crippen LogP contribution in [0.25, 0.3) is 0 Å². The van der Waals surface area contributed by atoms with E-state index in [1.165, 1.54) is 0 Å². The topological polar surface area (TPSA) is 43.4 Å². The predicted octanol–water partition coefficient (Wildman–Crippen LogP) is 1.35. The molecule has 0 radical (unpaired) electrons. The van der Waals surface area contributed by atoms with Crippen LogP contribution < -0.4 is 0 Å². The van der Waals surface area contributed by atoms with E-state index in [4.69, 9.17) is 0 Å². The van der Waals surface area contributed by atoms with Crippen LogP contribution in [0.1, 0.15) is 20.8 Å². The van der Waals surface area contributed by atoms with Crippen LogP contribution in [0.4, 0.5) is 4.79 Å². The van der Waals surface area contributed by atoms with E-state index >= 15 is 0 Å². The monoisotopic (exact) mass is 219 g/mol. The number of ether oxygens (including phenoxy) is 1. The Morgan fingerprint density at radius 2 is 1.89 bits per heavy atom. The fourth-order valence-electron chi connectivity index (χ4n) is 0.248. The molecule has 0 rings (SSSR count). The minimum atomic E-state index is -1.48. The Balaban J connectivity index is 3.74. The first-order valence-electron chi connectivity index (χ1n) is 2.43. The van der Waals surface area contributed by atoms with Crippen molar-refractivity contribution in [2.45, 2.75) is 26.4 Å². The molecule has 0 fully saturated rings. The van der Waals surface area contributed by atoms with E-state index in [1.54, 1.807) is 20.8 Å². The molecule has 0 aromatic heterocycles. The molecule has 0 aromatic rings. The summed E-state index contributed by atoms with van der Waals surface area (Å²) in [4.78, 5) is 10.3. The second kappa shape index (κ2) is 3.16. The van der Waals surface area contributed by atoms with Crippen molar-refractivity contribution in [3.63, 3.8) is 0 Å². The summed E-state index contributed by atoms with van der Waals surface area (Å²) < 4.78 is 14.0. The molecule has 54 valence electrons. The molecule has 0 aliphatic heterocycles. The molecule has 0 spiro atoms. The Kier molecular flexibility index (Phi) is 3.12. The van der Waals surface area contributed by atoms with Crippen LogP contribution in [0.2, 0.25) is 0 Å². The van der Waals surface area contributed by atoms with Crippen molar-refractivity contribution >= 4 is 4.56 Å². The number of hydrogen-bond acceptors (Lipinski definition) is 3. The van der Waals surface area contributed by atoms with Crippen LogP contribution in [0, 0.1) is 0 Å². The van der Waals surface area contributed by atoms with Gasteiger partial charge in [-0.15, -0.1) is 0 Å². The zero-order chi connectivity index (χ0) is 7.49. The third-order valence-electron chi connectivity index (χ3n) is 0.443. The second-order valence-corrected chi connectivity index (χ2v) is 3.58.